The Hall–Kier alpha value is -2.42. The molecule has 0 bridgehead atoms. The van der Waals surface area contributed by atoms with E-state index in [1.165, 1.54) is 10.8 Å². The van der Waals surface area contributed by atoms with Crippen molar-refractivity contribution in [3.63, 3.8) is 0 Å². The molecule has 0 spiro atoms. The van der Waals surface area contributed by atoms with E-state index in [9.17, 15) is 0 Å². The lowest BCUT2D eigenvalue weighted by molar-refractivity contribution is 0.966. The number of aromatic nitrogens is 2. The van der Waals surface area contributed by atoms with Gasteiger partial charge < -0.3 is 5.32 Å². The summed E-state index contributed by atoms with van der Waals surface area (Å²) in [5, 5.41) is 5.69. The largest absolute Gasteiger partial charge is 0.370 e. The minimum absolute atomic E-state index is 0.767. The molecule has 1 heterocycles. The van der Waals surface area contributed by atoms with Crippen LogP contribution in [0.15, 0.2) is 54.7 Å². The summed E-state index contributed by atoms with van der Waals surface area (Å²) in [5.41, 5.74) is 1.07. The van der Waals surface area contributed by atoms with E-state index in [1.54, 1.807) is 0 Å². The standard InChI is InChI=1S/C17H17N3/c1-2-11-18-16-10-12-19-17(20-16)15-9-5-7-13-6-3-4-8-14(13)15/h3-10,12H,2,11H2,1H3,(H,18,19,20). The fourth-order valence-electron chi connectivity index (χ4n) is 2.26. The number of fused-ring (bicyclic) bond motifs is 1. The summed E-state index contributed by atoms with van der Waals surface area (Å²) in [6, 6.07) is 16.5. The van der Waals surface area contributed by atoms with Gasteiger partial charge in [0.1, 0.15) is 5.82 Å². The van der Waals surface area contributed by atoms with Gasteiger partial charge in [-0.25, -0.2) is 9.97 Å². The van der Waals surface area contributed by atoms with Crippen LogP contribution in [0.25, 0.3) is 22.2 Å². The van der Waals surface area contributed by atoms with E-state index in [4.69, 9.17) is 0 Å². The minimum atomic E-state index is 0.767. The molecule has 20 heavy (non-hydrogen) atoms. The molecule has 0 amide bonds. The summed E-state index contributed by atoms with van der Waals surface area (Å²) in [6.45, 7) is 3.06. The first-order valence-corrected chi connectivity index (χ1v) is 6.93. The van der Waals surface area contributed by atoms with Gasteiger partial charge in [-0.15, -0.1) is 0 Å². The van der Waals surface area contributed by atoms with Gasteiger partial charge in [0.2, 0.25) is 0 Å². The van der Waals surface area contributed by atoms with E-state index in [2.05, 4.69) is 46.5 Å². The zero-order valence-corrected chi connectivity index (χ0v) is 11.5. The summed E-state index contributed by atoms with van der Waals surface area (Å²) in [5.74, 6) is 1.65. The summed E-state index contributed by atoms with van der Waals surface area (Å²) in [6.07, 6.45) is 2.88. The van der Waals surface area contributed by atoms with Crippen molar-refractivity contribution < 1.29 is 0 Å². The Labute approximate surface area is 118 Å². The summed E-state index contributed by atoms with van der Waals surface area (Å²) in [7, 11) is 0. The van der Waals surface area contributed by atoms with E-state index in [0.717, 1.165) is 30.2 Å². The highest BCUT2D eigenvalue weighted by Crippen LogP contribution is 2.26. The number of hydrogen-bond donors (Lipinski definition) is 1. The Kier molecular flexibility index (Phi) is 3.59. The zero-order valence-electron chi connectivity index (χ0n) is 11.5. The second-order valence-electron chi connectivity index (χ2n) is 4.72. The Balaban J connectivity index is 2.06. The van der Waals surface area contributed by atoms with Crippen molar-refractivity contribution >= 4 is 16.6 Å². The molecule has 1 aromatic heterocycles. The van der Waals surface area contributed by atoms with E-state index >= 15 is 0 Å². The van der Waals surface area contributed by atoms with Crippen molar-refractivity contribution in [2.75, 3.05) is 11.9 Å². The van der Waals surface area contributed by atoms with Crippen molar-refractivity contribution in [2.24, 2.45) is 0 Å². The molecular weight excluding hydrogens is 246 g/mol. The van der Waals surface area contributed by atoms with Crippen LogP contribution in [-0.2, 0) is 0 Å². The molecule has 0 radical (unpaired) electrons. The third kappa shape index (κ3) is 2.48. The van der Waals surface area contributed by atoms with E-state index in [-0.39, 0.29) is 0 Å². The first-order valence-electron chi connectivity index (χ1n) is 6.93. The van der Waals surface area contributed by atoms with Gasteiger partial charge >= 0.3 is 0 Å². The third-order valence-corrected chi connectivity index (χ3v) is 3.24. The monoisotopic (exact) mass is 263 g/mol. The molecule has 0 aliphatic carbocycles. The Morgan fingerprint density at radius 2 is 1.85 bits per heavy atom. The van der Waals surface area contributed by atoms with Gasteiger partial charge in [-0.3, -0.25) is 0 Å². The average molecular weight is 263 g/mol. The smallest absolute Gasteiger partial charge is 0.162 e. The van der Waals surface area contributed by atoms with Crippen LogP contribution in [0.3, 0.4) is 0 Å². The Bertz CT molecular complexity index is 717. The maximum absolute atomic E-state index is 4.61. The van der Waals surface area contributed by atoms with Crippen LogP contribution >= 0.6 is 0 Å². The summed E-state index contributed by atoms with van der Waals surface area (Å²) >= 11 is 0. The highest BCUT2D eigenvalue weighted by molar-refractivity contribution is 5.95. The van der Waals surface area contributed by atoms with Crippen LogP contribution in [0.4, 0.5) is 5.82 Å². The number of hydrogen-bond acceptors (Lipinski definition) is 3. The van der Waals surface area contributed by atoms with Gasteiger partial charge in [-0.05, 0) is 23.3 Å². The molecule has 3 rings (SSSR count). The third-order valence-electron chi connectivity index (χ3n) is 3.24. The first kappa shape index (κ1) is 12.6. The molecule has 3 aromatic rings. The second-order valence-corrected chi connectivity index (χ2v) is 4.72. The highest BCUT2D eigenvalue weighted by atomic mass is 15.0. The topological polar surface area (TPSA) is 37.8 Å². The van der Waals surface area contributed by atoms with Crippen LogP contribution in [0.1, 0.15) is 13.3 Å². The molecule has 0 fully saturated rings. The van der Waals surface area contributed by atoms with Gasteiger partial charge in [0, 0.05) is 18.3 Å². The van der Waals surface area contributed by atoms with Gasteiger partial charge in [0.25, 0.3) is 0 Å². The number of benzene rings is 2. The summed E-state index contributed by atoms with van der Waals surface area (Å²) < 4.78 is 0. The van der Waals surface area contributed by atoms with Gasteiger partial charge in [-0.2, -0.15) is 0 Å². The molecule has 100 valence electrons. The molecule has 1 N–H and O–H groups in total. The lowest BCUT2D eigenvalue weighted by atomic mass is 10.0. The average Bonchev–Trinajstić information content (AvgIpc) is 2.52. The molecule has 0 saturated heterocycles. The van der Waals surface area contributed by atoms with Crippen molar-refractivity contribution in [1.82, 2.24) is 9.97 Å². The van der Waals surface area contributed by atoms with Crippen LogP contribution < -0.4 is 5.32 Å². The molecule has 0 aliphatic rings. The molecule has 3 nitrogen and oxygen atoms in total. The SMILES string of the molecule is CCCNc1ccnc(-c2cccc3ccccc23)n1. The van der Waals surface area contributed by atoms with Crippen LogP contribution in [-0.4, -0.2) is 16.5 Å². The molecule has 2 aromatic carbocycles. The predicted octanol–water partition coefficient (Wildman–Crippen LogP) is 4.12. The normalized spacial score (nSPS) is 10.7. The van der Waals surface area contributed by atoms with Crippen molar-refractivity contribution in [3.05, 3.63) is 54.7 Å². The van der Waals surface area contributed by atoms with E-state index < -0.39 is 0 Å². The molecule has 0 saturated carbocycles. The maximum Gasteiger partial charge on any atom is 0.162 e. The number of anilines is 1. The van der Waals surface area contributed by atoms with Gasteiger partial charge in [0.15, 0.2) is 5.82 Å². The molecule has 0 atom stereocenters. The quantitative estimate of drug-likeness (QED) is 0.769. The van der Waals surface area contributed by atoms with Gasteiger partial charge in [-0.1, -0.05) is 49.4 Å². The van der Waals surface area contributed by atoms with Crippen molar-refractivity contribution in [1.29, 1.82) is 0 Å². The van der Waals surface area contributed by atoms with Crippen molar-refractivity contribution in [3.8, 4) is 11.4 Å². The fraction of sp³-hybridized carbons (Fsp3) is 0.176. The number of rotatable bonds is 4. The number of nitrogens with zero attached hydrogens (tertiary/aromatic N) is 2. The van der Waals surface area contributed by atoms with Crippen LogP contribution in [0, 0.1) is 0 Å². The fourth-order valence-corrected chi connectivity index (χ4v) is 2.26. The first-order chi connectivity index (χ1) is 9.88. The molecule has 3 heteroatoms. The second kappa shape index (κ2) is 5.70. The Morgan fingerprint density at radius 1 is 1.00 bits per heavy atom. The van der Waals surface area contributed by atoms with Crippen LogP contribution in [0.2, 0.25) is 0 Å². The summed E-state index contributed by atoms with van der Waals surface area (Å²) in [4.78, 5) is 9.03. The Morgan fingerprint density at radius 3 is 2.75 bits per heavy atom. The number of nitrogens with one attached hydrogen (secondary N) is 1. The molecule has 0 unspecified atom stereocenters. The molecular formula is C17H17N3. The van der Waals surface area contributed by atoms with E-state index in [1.807, 2.05) is 30.5 Å². The predicted molar refractivity (Wildman–Crippen MR) is 83.8 cm³/mol. The van der Waals surface area contributed by atoms with Crippen molar-refractivity contribution in [2.45, 2.75) is 13.3 Å². The van der Waals surface area contributed by atoms with Crippen LogP contribution in [0.5, 0.6) is 0 Å². The maximum atomic E-state index is 4.61. The molecule has 0 aliphatic heterocycles. The highest BCUT2D eigenvalue weighted by Gasteiger charge is 2.06. The zero-order chi connectivity index (χ0) is 13.8. The lowest BCUT2D eigenvalue weighted by Crippen LogP contribution is -2.03. The van der Waals surface area contributed by atoms with Gasteiger partial charge in [0.05, 0.1) is 0 Å². The van der Waals surface area contributed by atoms with E-state index in [0.29, 0.717) is 0 Å². The minimum Gasteiger partial charge on any atom is -0.370 e. The lowest BCUT2D eigenvalue weighted by Gasteiger charge is -2.08.